The molecule has 0 aliphatic rings. The van der Waals surface area contributed by atoms with Crippen molar-refractivity contribution >= 4 is 15.7 Å². The Bertz CT molecular complexity index is 944. The zero-order chi connectivity index (χ0) is 17.2. The molecule has 24 heavy (non-hydrogen) atoms. The molecule has 0 amide bonds. The van der Waals surface area contributed by atoms with Gasteiger partial charge in [-0.25, -0.2) is 13.1 Å². The van der Waals surface area contributed by atoms with Gasteiger partial charge in [-0.3, -0.25) is 4.72 Å². The Kier molecular flexibility index (Phi) is 4.40. The Morgan fingerprint density at radius 1 is 1.08 bits per heavy atom. The first-order valence-corrected chi connectivity index (χ1v) is 9.21. The van der Waals surface area contributed by atoms with Crippen LogP contribution in [0.15, 0.2) is 65.7 Å². The van der Waals surface area contributed by atoms with E-state index < -0.39 is 10.0 Å². The van der Waals surface area contributed by atoms with Gasteiger partial charge in [-0.2, -0.15) is 5.10 Å². The quantitative estimate of drug-likeness (QED) is 0.772. The highest BCUT2D eigenvalue weighted by Gasteiger charge is 2.14. The van der Waals surface area contributed by atoms with E-state index >= 15 is 0 Å². The highest BCUT2D eigenvalue weighted by atomic mass is 32.2. The lowest BCUT2D eigenvalue weighted by molar-refractivity contribution is 0.601. The van der Waals surface area contributed by atoms with Crippen molar-refractivity contribution in [2.24, 2.45) is 0 Å². The van der Waals surface area contributed by atoms with E-state index in [1.807, 2.05) is 38.1 Å². The number of nitrogens with one attached hydrogen (secondary N) is 1. The second kappa shape index (κ2) is 6.49. The van der Waals surface area contributed by atoms with Crippen molar-refractivity contribution < 1.29 is 8.42 Å². The Morgan fingerprint density at radius 2 is 1.83 bits per heavy atom. The van der Waals surface area contributed by atoms with Gasteiger partial charge in [0.2, 0.25) is 0 Å². The van der Waals surface area contributed by atoms with Crippen LogP contribution >= 0.6 is 0 Å². The fourth-order valence-electron chi connectivity index (χ4n) is 2.46. The molecule has 1 heterocycles. The third kappa shape index (κ3) is 3.33. The standard InChI is InChI=1S/C18H19N3O2S/c1-3-15-7-9-18(10-8-15)24(22,23)20-16-5-4-6-17(13-16)21-14(2)11-12-19-21/h4-13,20H,3H2,1-2H3. The highest BCUT2D eigenvalue weighted by Crippen LogP contribution is 2.20. The molecule has 2 aromatic carbocycles. The predicted octanol–water partition coefficient (Wildman–Crippen LogP) is 3.54. The van der Waals surface area contributed by atoms with Crippen molar-refractivity contribution in [2.75, 3.05) is 4.72 Å². The molecular weight excluding hydrogens is 322 g/mol. The molecule has 0 bridgehead atoms. The summed E-state index contributed by atoms with van der Waals surface area (Å²) < 4.78 is 29.4. The summed E-state index contributed by atoms with van der Waals surface area (Å²) in [6, 6.07) is 16.0. The van der Waals surface area contributed by atoms with Crippen molar-refractivity contribution in [1.29, 1.82) is 0 Å². The summed E-state index contributed by atoms with van der Waals surface area (Å²) in [7, 11) is -3.61. The van der Waals surface area contributed by atoms with E-state index in [0.717, 1.165) is 23.4 Å². The van der Waals surface area contributed by atoms with Gasteiger partial charge >= 0.3 is 0 Å². The van der Waals surface area contributed by atoms with Crippen LogP contribution in [0.4, 0.5) is 5.69 Å². The molecule has 6 heteroatoms. The monoisotopic (exact) mass is 341 g/mol. The zero-order valence-corrected chi connectivity index (χ0v) is 14.4. The van der Waals surface area contributed by atoms with Gasteiger partial charge in [0, 0.05) is 11.9 Å². The van der Waals surface area contributed by atoms with Crippen LogP contribution in [0.5, 0.6) is 0 Å². The maximum atomic E-state index is 12.5. The van der Waals surface area contributed by atoms with Gasteiger partial charge in [0.1, 0.15) is 0 Å². The average molecular weight is 341 g/mol. The first kappa shape index (κ1) is 16.3. The molecule has 0 aliphatic heterocycles. The Balaban J connectivity index is 1.88. The third-order valence-corrected chi connectivity index (χ3v) is 5.21. The van der Waals surface area contributed by atoms with Crippen molar-refractivity contribution in [2.45, 2.75) is 25.2 Å². The van der Waals surface area contributed by atoms with E-state index in [2.05, 4.69) is 9.82 Å². The van der Waals surface area contributed by atoms with E-state index in [9.17, 15) is 8.42 Å². The minimum Gasteiger partial charge on any atom is -0.280 e. The fourth-order valence-corrected chi connectivity index (χ4v) is 3.51. The van der Waals surface area contributed by atoms with Crippen molar-refractivity contribution in [3.8, 4) is 5.69 Å². The van der Waals surface area contributed by atoms with Crippen molar-refractivity contribution in [1.82, 2.24) is 9.78 Å². The zero-order valence-electron chi connectivity index (χ0n) is 13.6. The molecule has 0 radical (unpaired) electrons. The van der Waals surface area contributed by atoms with Crippen LogP contribution in [0.3, 0.4) is 0 Å². The minimum absolute atomic E-state index is 0.250. The second-order valence-electron chi connectivity index (χ2n) is 5.54. The molecule has 0 aliphatic carbocycles. The molecule has 1 N–H and O–H groups in total. The van der Waals surface area contributed by atoms with Crippen LogP contribution < -0.4 is 4.72 Å². The lowest BCUT2D eigenvalue weighted by Gasteiger charge is -2.11. The maximum Gasteiger partial charge on any atom is 0.261 e. The van der Waals surface area contributed by atoms with Gasteiger partial charge in [-0.05, 0) is 55.3 Å². The van der Waals surface area contributed by atoms with E-state index in [1.54, 1.807) is 41.2 Å². The number of benzene rings is 2. The minimum atomic E-state index is -3.61. The van der Waals surface area contributed by atoms with Crippen LogP contribution in [0.1, 0.15) is 18.2 Å². The lowest BCUT2D eigenvalue weighted by Crippen LogP contribution is -2.13. The summed E-state index contributed by atoms with van der Waals surface area (Å²) >= 11 is 0. The first-order chi connectivity index (χ1) is 11.5. The number of anilines is 1. The van der Waals surface area contributed by atoms with E-state index in [4.69, 9.17) is 0 Å². The molecule has 0 saturated heterocycles. The molecule has 5 nitrogen and oxygen atoms in total. The molecule has 1 aromatic heterocycles. The molecule has 0 unspecified atom stereocenters. The van der Waals surface area contributed by atoms with Gasteiger partial charge in [0.15, 0.2) is 0 Å². The van der Waals surface area contributed by atoms with Crippen LogP contribution in [0.2, 0.25) is 0 Å². The number of sulfonamides is 1. The van der Waals surface area contributed by atoms with Gasteiger partial charge in [0.05, 0.1) is 16.3 Å². The average Bonchev–Trinajstić information content (AvgIpc) is 3.01. The number of aromatic nitrogens is 2. The topological polar surface area (TPSA) is 64.0 Å². The normalized spacial score (nSPS) is 11.4. The SMILES string of the molecule is CCc1ccc(S(=O)(=O)Nc2cccc(-n3nccc3C)c2)cc1. The highest BCUT2D eigenvalue weighted by molar-refractivity contribution is 7.92. The van der Waals surface area contributed by atoms with Crippen LogP contribution in [-0.4, -0.2) is 18.2 Å². The smallest absolute Gasteiger partial charge is 0.261 e. The molecule has 0 saturated carbocycles. The molecule has 0 atom stereocenters. The van der Waals surface area contributed by atoms with E-state index in [1.165, 1.54) is 0 Å². The Hall–Kier alpha value is -2.60. The summed E-state index contributed by atoms with van der Waals surface area (Å²) in [5.74, 6) is 0. The van der Waals surface area contributed by atoms with Crippen LogP contribution in [0.25, 0.3) is 5.69 Å². The summed E-state index contributed by atoms with van der Waals surface area (Å²) in [5.41, 5.74) is 3.39. The van der Waals surface area contributed by atoms with Crippen LogP contribution in [-0.2, 0) is 16.4 Å². The molecule has 124 valence electrons. The fraction of sp³-hybridized carbons (Fsp3) is 0.167. The molecule has 3 rings (SSSR count). The summed E-state index contributed by atoms with van der Waals surface area (Å²) in [6.45, 7) is 3.98. The number of hydrogen-bond acceptors (Lipinski definition) is 3. The summed E-state index contributed by atoms with van der Waals surface area (Å²) in [5, 5.41) is 4.24. The van der Waals surface area contributed by atoms with Gasteiger partial charge in [0.25, 0.3) is 10.0 Å². The van der Waals surface area contributed by atoms with Crippen molar-refractivity contribution in [3.63, 3.8) is 0 Å². The first-order valence-electron chi connectivity index (χ1n) is 7.72. The Labute approximate surface area is 142 Å². The van der Waals surface area contributed by atoms with E-state index in [-0.39, 0.29) is 4.90 Å². The number of rotatable bonds is 5. The molecule has 0 spiro atoms. The largest absolute Gasteiger partial charge is 0.280 e. The molecule has 0 fully saturated rings. The third-order valence-electron chi connectivity index (χ3n) is 3.82. The number of nitrogens with zero attached hydrogens (tertiary/aromatic N) is 2. The van der Waals surface area contributed by atoms with Crippen LogP contribution in [0, 0.1) is 6.92 Å². The van der Waals surface area contributed by atoms with Gasteiger partial charge < -0.3 is 0 Å². The number of aryl methyl sites for hydroxylation is 2. The predicted molar refractivity (Wildman–Crippen MR) is 94.9 cm³/mol. The van der Waals surface area contributed by atoms with Crippen molar-refractivity contribution in [3.05, 3.63) is 72.1 Å². The summed E-state index contributed by atoms with van der Waals surface area (Å²) in [6.07, 6.45) is 2.58. The van der Waals surface area contributed by atoms with E-state index in [0.29, 0.717) is 5.69 Å². The maximum absolute atomic E-state index is 12.5. The molecular formula is C18H19N3O2S. The van der Waals surface area contributed by atoms with Gasteiger partial charge in [-0.1, -0.05) is 25.1 Å². The summed E-state index contributed by atoms with van der Waals surface area (Å²) in [4.78, 5) is 0.250. The number of hydrogen-bond donors (Lipinski definition) is 1. The second-order valence-corrected chi connectivity index (χ2v) is 7.22. The lowest BCUT2D eigenvalue weighted by atomic mass is 10.2. The molecule has 3 aromatic rings. The van der Waals surface area contributed by atoms with Gasteiger partial charge in [-0.15, -0.1) is 0 Å². The Morgan fingerprint density at radius 3 is 2.46 bits per heavy atom.